The van der Waals surface area contributed by atoms with Gasteiger partial charge in [-0.3, -0.25) is 4.90 Å². The third kappa shape index (κ3) is 4.53. The molecule has 2 rings (SSSR count). The smallest absolute Gasteiger partial charge is 0.243 e. The predicted molar refractivity (Wildman–Crippen MR) is 98.6 cm³/mol. The number of rotatable bonds is 7. The Balaban J connectivity index is 2.16. The Morgan fingerprint density at radius 3 is 2.32 bits per heavy atom. The van der Waals surface area contributed by atoms with Crippen LogP contribution in [0.4, 0.5) is 0 Å². The van der Waals surface area contributed by atoms with Crippen LogP contribution >= 0.6 is 0 Å². The van der Waals surface area contributed by atoms with Gasteiger partial charge in [0.05, 0.1) is 12.0 Å². The highest BCUT2D eigenvalue weighted by Gasteiger charge is 2.36. The molecule has 0 radical (unpaired) electrons. The van der Waals surface area contributed by atoms with Crippen molar-refractivity contribution in [2.24, 2.45) is 0 Å². The van der Waals surface area contributed by atoms with Crippen LogP contribution in [0.1, 0.15) is 25.8 Å². The average molecular weight is 371 g/mol. The maximum atomic E-state index is 13.1. The van der Waals surface area contributed by atoms with E-state index in [4.69, 9.17) is 9.47 Å². The van der Waals surface area contributed by atoms with Crippen molar-refractivity contribution in [2.45, 2.75) is 44.2 Å². The van der Waals surface area contributed by atoms with Crippen molar-refractivity contribution in [3.63, 3.8) is 0 Å². The molecule has 142 valence electrons. The van der Waals surface area contributed by atoms with Crippen LogP contribution in [0.25, 0.3) is 0 Å². The predicted octanol–water partition coefficient (Wildman–Crippen LogP) is 2.12. The van der Waals surface area contributed by atoms with Crippen LogP contribution in [0, 0.1) is 6.92 Å². The van der Waals surface area contributed by atoms with Crippen LogP contribution in [0.2, 0.25) is 0 Å². The lowest BCUT2D eigenvalue weighted by Crippen LogP contribution is -2.58. The van der Waals surface area contributed by atoms with Gasteiger partial charge in [0, 0.05) is 45.4 Å². The molecular formula is C18H30N2O4S. The van der Waals surface area contributed by atoms with Gasteiger partial charge in [-0.15, -0.1) is 0 Å². The van der Waals surface area contributed by atoms with Gasteiger partial charge in [0.15, 0.2) is 0 Å². The Bertz CT molecular complexity index is 666. The quantitative estimate of drug-likeness (QED) is 0.688. The van der Waals surface area contributed by atoms with Gasteiger partial charge in [-0.25, -0.2) is 8.42 Å². The number of piperazine rings is 1. The first-order chi connectivity index (χ1) is 11.8. The Labute approximate surface area is 151 Å². The van der Waals surface area contributed by atoms with Gasteiger partial charge in [-0.2, -0.15) is 4.31 Å². The number of sulfonamides is 1. The zero-order valence-corrected chi connectivity index (χ0v) is 16.7. The summed E-state index contributed by atoms with van der Waals surface area (Å²) in [4.78, 5) is 2.73. The first kappa shape index (κ1) is 20.2. The lowest BCUT2D eigenvalue weighted by atomic mass is 10.1. The molecule has 1 aliphatic heterocycles. The van der Waals surface area contributed by atoms with Crippen molar-refractivity contribution in [1.29, 1.82) is 0 Å². The second-order valence-corrected chi connectivity index (χ2v) is 8.64. The molecule has 0 amide bonds. The van der Waals surface area contributed by atoms with Crippen molar-refractivity contribution < 1.29 is 17.9 Å². The third-order valence-corrected chi connectivity index (χ3v) is 6.82. The van der Waals surface area contributed by atoms with E-state index in [1.807, 2.05) is 6.92 Å². The minimum atomic E-state index is -3.51. The molecule has 1 aromatic rings. The van der Waals surface area contributed by atoms with Crippen molar-refractivity contribution in [3.8, 4) is 5.75 Å². The van der Waals surface area contributed by atoms with Crippen molar-refractivity contribution in [1.82, 2.24) is 9.21 Å². The van der Waals surface area contributed by atoms with E-state index in [1.54, 1.807) is 36.7 Å². The van der Waals surface area contributed by atoms with Gasteiger partial charge in [0.2, 0.25) is 10.0 Å². The second kappa shape index (κ2) is 8.49. The molecule has 25 heavy (non-hydrogen) atoms. The van der Waals surface area contributed by atoms with Crippen LogP contribution in [-0.4, -0.2) is 70.2 Å². The van der Waals surface area contributed by atoms with E-state index in [0.717, 1.165) is 19.6 Å². The van der Waals surface area contributed by atoms with Gasteiger partial charge in [-0.05, 0) is 51.0 Å². The summed E-state index contributed by atoms with van der Waals surface area (Å²) in [6.45, 7) is 8.64. The minimum absolute atomic E-state index is 0.175. The van der Waals surface area contributed by atoms with Gasteiger partial charge in [0.1, 0.15) is 5.75 Å². The fraction of sp³-hybridized carbons (Fsp3) is 0.667. The molecule has 1 fully saturated rings. The summed E-state index contributed by atoms with van der Waals surface area (Å²) < 4.78 is 38.1. The SMILES string of the molecule is COCCCN1C(C)CN(S(=O)(=O)c2ccc(OC)cc2C)CC1C. The van der Waals surface area contributed by atoms with E-state index < -0.39 is 10.0 Å². The van der Waals surface area contributed by atoms with E-state index >= 15 is 0 Å². The number of hydrogen-bond donors (Lipinski definition) is 0. The van der Waals surface area contributed by atoms with Gasteiger partial charge in [0.25, 0.3) is 0 Å². The number of aryl methyl sites for hydroxylation is 1. The van der Waals surface area contributed by atoms with Gasteiger partial charge >= 0.3 is 0 Å². The van der Waals surface area contributed by atoms with Crippen LogP contribution in [0.5, 0.6) is 5.75 Å². The summed E-state index contributed by atoms with van der Waals surface area (Å²) >= 11 is 0. The molecule has 1 heterocycles. The lowest BCUT2D eigenvalue weighted by molar-refractivity contribution is 0.0665. The van der Waals surface area contributed by atoms with E-state index in [2.05, 4.69) is 18.7 Å². The van der Waals surface area contributed by atoms with Crippen molar-refractivity contribution >= 4 is 10.0 Å². The molecule has 1 aliphatic rings. The summed E-state index contributed by atoms with van der Waals surface area (Å²) in [5.41, 5.74) is 0.710. The molecule has 0 bridgehead atoms. The van der Waals surface area contributed by atoms with Crippen molar-refractivity contribution in [2.75, 3.05) is 40.5 Å². The minimum Gasteiger partial charge on any atom is -0.497 e. The highest BCUT2D eigenvalue weighted by Crippen LogP contribution is 2.27. The van der Waals surface area contributed by atoms with Crippen LogP contribution < -0.4 is 4.74 Å². The Morgan fingerprint density at radius 1 is 1.16 bits per heavy atom. The number of hydrogen-bond acceptors (Lipinski definition) is 5. The van der Waals surface area contributed by atoms with E-state index in [-0.39, 0.29) is 12.1 Å². The van der Waals surface area contributed by atoms with Crippen LogP contribution in [0.3, 0.4) is 0 Å². The first-order valence-corrected chi connectivity index (χ1v) is 10.1. The molecule has 1 saturated heterocycles. The Kier molecular flexibility index (Phi) is 6.85. The maximum absolute atomic E-state index is 13.1. The van der Waals surface area contributed by atoms with E-state index in [0.29, 0.717) is 29.3 Å². The molecule has 2 unspecified atom stereocenters. The lowest BCUT2D eigenvalue weighted by Gasteiger charge is -2.43. The topological polar surface area (TPSA) is 59.1 Å². The largest absolute Gasteiger partial charge is 0.497 e. The zero-order valence-electron chi connectivity index (χ0n) is 15.9. The summed E-state index contributed by atoms with van der Waals surface area (Å²) in [6.07, 6.45) is 0.954. The number of ether oxygens (including phenoxy) is 2. The summed E-state index contributed by atoms with van der Waals surface area (Å²) in [5, 5.41) is 0. The standard InChI is InChI=1S/C18H30N2O4S/c1-14-11-17(24-5)7-8-18(14)25(21,22)19-12-15(2)20(16(3)13-19)9-6-10-23-4/h7-8,11,15-16H,6,9-10,12-13H2,1-5H3. The fourth-order valence-electron chi connectivity index (χ4n) is 3.51. The summed E-state index contributed by atoms with van der Waals surface area (Å²) in [6, 6.07) is 5.46. The fourth-order valence-corrected chi connectivity index (χ4v) is 5.32. The average Bonchev–Trinajstić information content (AvgIpc) is 2.56. The number of nitrogens with zero attached hydrogens (tertiary/aromatic N) is 2. The third-order valence-electron chi connectivity index (χ3n) is 4.83. The summed E-state index contributed by atoms with van der Waals surface area (Å²) in [7, 11) is -0.224. The molecule has 0 aromatic heterocycles. The molecule has 2 atom stereocenters. The number of benzene rings is 1. The van der Waals surface area contributed by atoms with Gasteiger partial charge in [-0.1, -0.05) is 0 Å². The molecule has 1 aromatic carbocycles. The highest BCUT2D eigenvalue weighted by atomic mass is 32.2. The molecule has 0 saturated carbocycles. The molecule has 6 nitrogen and oxygen atoms in total. The second-order valence-electron chi connectivity index (χ2n) is 6.74. The molecule has 0 N–H and O–H groups in total. The zero-order chi connectivity index (χ0) is 18.6. The molecular weight excluding hydrogens is 340 g/mol. The van der Waals surface area contributed by atoms with Crippen LogP contribution in [-0.2, 0) is 14.8 Å². The normalized spacial score (nSPS) is 22.9. The molecule has 0 aliphatic carbocycles. The molecule has 0 spiro atoms. The monoisotopic (exact) mass is 370 g/mol. The van der Waals surface area contributed by atoms with Gasteiger partial charge < -0.3 is 9.47 Å². The molecule has 7 heteroatoms. The van der Waals surface area contributed by atoms with Crippen LogP contribution in [0.15, 0.2) is 23.1 Å². The first-order valence-electron chi connectivity index (χ1n) is 8.70. The highest BCUT2D eigenvalue weighted by molar-refractivity contribution is 7.89. The van der Waals surface area contributed by atoms with E-state index in [1.165, 1.54) is 0 Å². The van der Waals surface area contributed by atoms with E-state index in [9.17, 15) is 8.42 Å². The Morgan fingerprint density at radius 2 is 1.80 bits per heavy atom. The Hall–Kier alpha value is -1.15. The maximum Gasteiger partial charge on any atom is 0.243 e. The van der Waals surface area contributed by atoms with Crippen molar-refractivity contribution in [3.05, 3.63) is 23.8 Å². The summed E-state index contributed by atoms with van der Waals surface area (Å²) in [5.74, 6) is 0.668. The number of methoxy groups -OCH3 is 2.